The number of imidazole rings is 1. The Balaban J connectivity index is 1.79. The number of anilines is 1. The van der Waals surface area contributed by atoms with E-state index in [0.717, 1.165) is 37.9 Å². The summed E-state index contributed by atoms with van der Waals surface area (Å²) in [7, 11) is 0. The molecule has 3 N–H and O–H groups in total. The number of alkyl halides is 3. The van der Waals surface area contributed by atoms with Crippen LogP contribution in [-0.4, -0.2) is 68.5 Å². The zero-order valence-electron chi connectivity index (χ0n) is 19.9. The first-order chi connectivity index (χ1) is 16.5. The molecule has 3 heterocycles. The molecule has 0 aliphatic carbocycles. The Morgan fingerprint density at radius 2 is 2.00 bits per heavy atom. The van der Waals surface area contributed by atoms with Crippen molar-refractivity contribution in [2.75, 3.05) is 38.5 Å². The maximum atomic E-state index is 12.7. The predicted octanol–water partition coefficient (Wildman–Crippen LogP) is 3.27. The average molecular weight is 493 g/mol. The van der Waals surface area contributed by atoms with Gasteiger partial charge in [0.25, 0.3) is 0 Å². The van der Waals surface area contributed by atoms with Gasteiger partial charge in [-0.15, -0.1) is 19.6 Å². The van der Waals surface area contributed by atoms with Gasteiger partial charge in [0.15, 0.2) is 11.6 Å². The van der Waals surface area contributed by atoms with Crippen LogP contribution >= 0.6 is 0 Å². The number of pyridine rings is 1. The fourth-order valence-corrected chi connectivity index (χ4v) is 3.84. The van der Waals surface area contributed by atoms with Gasteiger partial charge < -0.3 is 25.0 Å². The Labute approximate surface area is 203 Å². The van der Waals surface area contributed by atoms with Crippen molar-refractivity contribution in [3.05, 3.63) is 36.6 Å². The summed E-state index contributed by atoms with van der Waals surface area (Å²) in [5.74, 6) is 1.97. The molecule has 3 rings (SSSR count). The van der Waals surface area contributed by atoms with Gasteiger partial charge in [-0.2, -0.15) is 0 Å². The fraction of sp³-hybridized carbons (Fsp3) is 0.500. The lowest BCUT2D eigenvalue weighted by Crippen LogP contribution is -2.45. The van der Waals surface area contributed by atoms with Gasteiger partial charge in [-0.05, 0) is 12.0 Å². The number of aromatic nitrogens is 3. The molecule has 1 unspecified atom stereocenters. The SMILES string of the molecule is C#CCN1CCN(C(=C)CCn2cc(-c3cnc(N)c(OC(F)(F)F)c3)nc2C(O)C(C)C)CC1. The summed E-state index contributed by atoms with van der Waals surface area (Å²) in [6, 6.07) is 1.14. The molecule has 2 aromatic heterocycles. The Kier molecular flexibility index (Phi) is 8.30. The number of aryl methyl sites for hydroxylation is 1. The van der Waals surface area contributed by atoms with Crippen LogP contribution in [0, 0.1) is 18.3 Å². The maximum Gasteiger partial charge on any atom is 0.573 e. The van der Waals surface area contributed by atoms with Crippen molar-refractivity contribution in [3.63, 3.8) is 0 Å². The van der Waals surface area contributed by atoms with Crippen LogP contribution in [0.15, 0.2) is 30.7 Å². The molecule has 1 saturated heterocycles. The van der Waals surface area contributed by atoms with Gasteiger partial charge in [-0.1, -0.05) is 26.3 Å². The first-order valence-electron chi connectivity index (χ1n) is 11.3. The van der Waals surface area contributed by atoms with Crippen molar-refractivity contribution >= 4 is 5.82 Å². The number of aliphatic hydroxyl groups excluding tert-OH is 1. The third-order valence-electron chi connectivity index (χ3n) is 5.88. The van der Waals surface area contributed by atoms with Crippen molar-refractivity contribution in [1.29, 1.82) is 0 Å². The number of hydrogen-bond donors (Lipinski definition) is 2. The molecule has 0 radical (unpaired) electrons. The predicted molar refractivity (Wildman–Crippen MR) is 127 cm³/mol. The van der Waals surface area contributed by atoms with Crippen molar-refractivity contribution < 1.29 is 23.0 Å². The second-order valence-corrected chi connectivity index (χ2v) is 8.81. The Hall–Kier alpha value is -3.23. The number of piperazine rings is 1. The minimum Gasteiger partial charge on any atom is -0.402 e. The highest BCUT2D eigenvalue weighted by molar-refractivity contribution is 5.63. The van der Waals surface area contributed by atoms with Crippen LogP contribution in [0.2, 0.25) is 0 Å². The van der Waals surface area contributed by atoms with Gasteiger partial charge in [0.05, 0.1) is 12.2 Å². The van der Waals surface area contributed by atoms with E-state index in [1.165, 1.54) is 6.20 Å². The van der Waals surface area contributed by atoms with E-state index in [1.54, 1.807) is 10.8 Å². The summed E-state index contributed by atoms with van der Waals surface area (Å²) < 4.78 is 44.0. The van der Waals surface area contributed by atoms with Crippen LogP contribution in [0.3, 0.4) is 0 Å². The standard InChI is InChI=1S/C24H31F3N6O2/c1-5-7-31-9-11-32(12-10-31)17(4)6-8-33-15-19(30-23(33)21(34)16(2)3)18-13-20(22(28)29-14-18)35-24(25,26)27/h1,13-16,21,34H,4,6-12H2,2-3H3,(H2,28,29). The number of halogens is 3. The Morgan fingerprint density at radius 3 is 2.60 bits per heavy atom. The molecule has 35 heavy (non-hydrogen) atoms. The van der Waals surface area contributed by atoms with Gasteiger partial charge in [-0.25, -0.2) is 9.97 Å². The van der Waals surface area contributed by atoms with E-state index >= 15 is 0 Å². The van der Waals surface area contributed by atoms with E-state index in [-0.39, 0.29) is 17.3 Å². The summed E-state index contributed by atoms with van der Waals surface area (Å²) in [6.45, 7) is 12.4. The molecule has 1 atom stereocenters. The molecule has 0 aromatic carbocycles. The molecule has 1 fully saturated rings. The Bertz CT molecular complexity index is 1070. The third-order valence-corrected chi connectivity index (χ3v) is 5.88. The van der Waals surface area contributed by atoms with E-state index in [9.17, 15) is 18.3 Å². The van der Waals surface area contributed by atoms with Crippen molar-refractivity contribution in [2.45, 2.75) is 39.3 Å². The van der Waals surface area contributed by atoms with Crippen molar-refractivity contribution in [2.24, 2.45) is 5.92 Å². The summed E-state index contributed by atoms with van der Waals surface area (Å²) in [5.41, 5.74) is 7.15. The first-order valence-corrected chi connectivity index (χ1v) is 11.3. The van der Waals surface area contributed by atoms with Crippen molar-refractivity contribution in [3.8, 4) is 29.4 Å². The largest absolute Gasteiger partial charge is 0.573 e. The molecule has 1 aliphatic rings. The number of nitrogens with zero attached hydrogens (tertiary/aromatic N) is 5. The average Bonchev–Trinajstić information content (AvgIpc) is 3.22. The summed E-state index contributed by atoms with van der Waals surface area (Å²) in [5, 5.41) is 10.7. The highest BCUT2D eigenvalue weighted by Gasteiger charge is 2.32. The maximum absolute atomic E-state index is 12.7. The monoisotopic (exact) mass is 492 g/mol. The lowest BCUT2D eigenvalue weighted by Gasteiger charge is -2.36. The minimum absolute atomic E-state index is 0.120. The molecule has 0 saturated carbocycles. The second-order valence-electron chi connectivity index (χ2n) is 8.81. The summed E-state index contributed by atoms with van der Waals surface area (Å²) in [4.78, 5) is 12.8. The number of ether oxygens (including phenoxy) is 1. The number of rotatable bonds is 9. The van der Waals surface area contributed by atoms with Crippen molar-refractivity contribution in [1.82, 2.24) is 24.3 Å². The number of hydrogen-bond acceptors (Lipinski definition) is 7. The van der Waals surface area contributed by atoms with Gasteiger partial charge in [0, 0.05) is 62.8 Å². The van der Waals surface area contributed by atoms with Gasteiger partial charge >= 0.3 is 6.36 Å². The lowest BCUT2D eigenvalue weighted by molar-refractivity contribution is -0.274. The van der Waals surface area contributed by atoms with E-state index in [0.29, 0.717) is 31.0 Å². The lowest BCUT2D eigenvalue weighted by atomic mass is 10.1. The quantitative estimate of drug-likeness (QED) is 0.519. The van der Waals surface area contributed by atoms with E-state index in [1.807, 2.05) is 13.8 Å². The minimum atomic E-state index is -4.90. The smallest absolute Gasteiger partial charge is 0.402 e. The van der Waals surface area contributed by atoms with Gasteiger partial charge in [-0.3, -0.25) is 4.90 Å². The number of aliphatic hydroxyl groups is 1. The first kappa shape index (κ1) is 26.4. The molecule has 2 aromatic rings. The highest BCUT2D eigenvalue weighted by Crippen LogP contribution is 2.32. The molecule has 0 amide bonds. The molecule has 0 bridgehead atoms. The van der Waals surface area contributed by atoms with Crippen LogP contribution in [-0.2, 0) is 6.54 Å². The van der Waals surface area contributed by atoms with E-state index < -0.39 is 18.2 Å². The number of allylic oxidation sites excluding steroid dienone is 1. The number of terminal acetylenes is 1. The zero-order valence-corrected chi connectivity index (χ0v) is 19.9. The molecular weight excluding hydrogens is 461 g/mol. The number of nitrogens with two attached hydrogens (primary N) is 1. The van der Waals surface area contributed by atoms with Gasteiger partial charge in [0.2, 0.25) is 0 Å². The molecule has 11 heteroatoms. The number of nitrogen functional groups attached to an aromatic ring is 1. The van der Waals surface area contributed by atoms with Crippen LogP contribution in [0.5, 0.6) is 5.75 Å². The zero-order chi connectivity index (χ0) is 25.8. The van der Waals surface area contributed by atoms with Gasteiger partial charge in [0.1, 0.15) is 11.9 Å². The fourth-order valence-electron chi connectivity index (χ4n) is 3.84. The van der Waals surface area contributed by atoms with Crippen LogP contribution in [0.25, 0.3) is 11.3 Å². The summed E-state index contributed by atoms with van der Waals surface area (Å²) >= 11 is 0. The molecule has 8 nitrogen and oxygen atoms in total. The molecule has 190 valence electrons. The third kappa shape index (κ3) is 6.90. The highest BCUT2D eigenvalue weighted by atomic mass is 19.4. The Morgan fingerprint density at radius 1 is 1.31 bits per heavy atom. The van der Waals surface area contributed by atoms with Crippen LogP contribution < -0.4 is 10.5 Å². The van der Waals surface area contributed by atoms with Crippen LogP contribution in [0.4, 0.5) is 19.0 Å². The molecule has 1 aliphatic heterocycles. The molecule has 0 spiro atoms. The van der Waals surface area contributed by atoms with E-state index in [2.05, 4.69) is 37.0 Å². The second kappa shape index (κ2) is 11.0. The van der Waals surface area contributed by atoms with E-state index in [4.69, 9.17) is 12.2 Å². The summed E-state index contributed by atoms with van der Waals surface area (Å²) in [6.07, 6.45) is 3.25. The molecular formula is C24H31F3N6O2. The topological polar surface area (TPSA) is 92.7 Å². The van der Waals surface area contributed by atoms with Crippen LogP contribution in [0.1, 0.15) is 32.2 Å². The normalized spacial score (nSPS) is 15.8.